The summed E-state index contributed by atoms with van der Waals surface area (Å²) >= 11 is 0. The fourth-order valence-electron chi connectivity index (χ4n) is 2.57. The zero-order valence-electron chi connectivity index (χ0n) is 12.7. The summed E-state index contributed by atoms with van der Waals surface area (Å²) in [5.74, 6) is 0.882. The van der Waals surface area contributed by atoms with Crippen molar-refractivity contribution in [1.29, 1.82) is 0 Å². The lowest BCUT2D eigenvalue weighted by Crippen LogP contribution is -2.49. The molecule has 0 N–H and O–H groups in total. The Hall–Kier alpha value is -2.57. The van der Waals surface area contributed by atoms with E-state index in [1.807, 2.05) is 24.9 Å². The Morgan fingerprint density at radius 1 is 1.05 bits per heavy atom. The topological polar surface area (TPSA) is 75.1 Å². The number of anilines is 1. The molecule has 3 heterocycles. The SMILES string of the molecule is Cc1cncc(C(=O)N2CCN(c3ncncc3C)CC2)n1. The minimum absolute atomic E-state index is 0.0599. The smallest absolute Gasteiger partial charge is 0.274 e. The van der Waals surface area contributed by atoms with E-state index < -0.39 is 0 Å². The number of carbonyl (C=O) groups is 1. The van der Waals surface area contributed by atoms with Crippen molar-refractivity contribution in [3.8, 4) is 0 Å². The lowest BCUT2D eigenvalue weighted by molar-refractivity contribution is 0.0740. The third kappa shape index (κ3) is 2.88. The van der Waals surface area contributed by atoms with E-state index >= 15 is 0 Å². The molecule has 0 radical (unpaired) electrons. The number of amides is 1. The van der Waals surface area contributed by atoms with Crippen LogP contribution in [0.4, 0.5) is 5.82 Å². The molecular formula is C15H18N6O. The van der Waals surface area contributed by atoms with Crippen LogP contribution in [-0.2, 0) is 0 Å². The fraction of sp³-hybridized carbons (Fsp3) is 0.400. The summed E-state index contributed by atoms with van der Waals surface area (Å²) in [6.07, 6.45) is 6.53. The summed E-state index contributed by atoms with van der Waals surface area (Å²) in [4.78, 5) is 33.1. The number of nitrogens with zero attached hydrogens (tertiary/aromatic N) is 6. The van der Waals surface area contributed by atoms with E-state index in [-0.39, 0.29) is 5.91 Å². The van der Waals surface area contributed by atoms with Crippen LogP contribution in [0.3, 0.4) is 0 Å². The quantitative estimate of drug-likeness (QED) is 0.818. The van der Waals surface area contributed by atoms with Gasteiger partial charge in [-0.1, -0.05) is 0 Å². The predicted octanol–water partition coefficient (Wildman–Crippen LogP) is 0.846. The maximum Gasteiger partial charge on any atom is 0.274 e. The van der Waals surface area contributed by atoms with Gasteiger partial charge in [-0.3, -0.25) is 9.78 Å². The zero-order chi connectivity index (χ0) is 15.5. The fourth-order valence-corrected chi connectivity index (χ4v) is 2.57. The molecule has 2 aromatic heterocycles. The first-order chi connectivity index (χ1) is 10.6. The van der Waals surface area contributed by atoms with E-state index in [4.69, 9.17) is 0 Å². The van der Waals surface area contributed by atoms with Gasteiger partial charge in [-0.2, -0.15) is 0 Å². The predicted molar refractivity (Wildman–Crippen MR) is 81.7 cm³/mol. The van der Waals surface area contributed by atoms with Gasteiger partial charge in [0.15, 0.2) is 0 Å². The summed E-state index contributed by atoms with van der Waals surface area (Å²) in [6, 6.07) is 0. The van der Waals surface area contributed by atoms with Gasteiger partial charge in [0.1, 0.15) is 17.8 Å². The maximum atomic E-state index is 12.4. The standard InChI is InChI=1S/C15H18N6O/c1-11-7-17-10-18-14(11)20-3-5-21(6-4-20)15(22)13-9-16-8-12(2)19-13/h7-10H,3-6H2,1-2H3. The highest BCUT2D eigenvalue weighted by atomic mass is 16.2. The Bertz CT molecular complexity index is 681. The van der Waals surface area contributed by atoms with E-state index in [0.29, 0.717) is 18.8 Å². The molecule has 0 unspecified atom stereocenters. The Balaban J connectivity index is 1.67. The number of rotatable bonds is 2. The molecule has 0 spiro atoms. The van der Waals surface area contributed by atoms with Gasteiger partial charge in [0.2, 0.25) is 0 Å². The molecule has 1 amide bonds. The molecule has 22 heavy (non-hydrogen) atoms. The molecule has 2 aromatic rings. The van der Waals surface area contributed by atoms with Crippen molar-refractivity contribution in [2.75, 3.05) is 31.1 Å². The second kappa shape index (κ2) is 6.05. The highest BCUT2D eigenvalue weighted by Crippen LogP contribution is 2.17. The first-order valence-corrected chi connectivity index (χ1v) is 7.24. The first-order valence-electron chi connectivity index (χ1n) is 7.24. The Labute approximate surface area is 129 Å². The van der Waals surface area contributed by atoms with Crippen LogP contribution in [-0.4, -0.2) is 56.9 Å². The number of aromatic nitrogens is 4. The van der Waals surface area contributed by atoms with Crippen LogP contribution in [0.1, 0.15) is 21.7 Å². The summed E-state index contributed by atoms with van der Waals surface area (Å²) < 4.78 is 0. The number of carbonyl (C=O) groups excluding carboxylic acids is 1. The van der Waals surface area contributed by atoms with Crippen LogP contribution >= 0.6 is 0 Å². The highest BCUT2D eigenvalue weighted by molar-refractivity contribution is 5.92. The number of aryl methyl sites for hydroxylation is 2. The van der Waals surface area contributed by atoms with Gasteiger partial charge in [-0.15, -0.1) is 0 Å². The first kappa shape index (κ1) is 14.4. The van der Waals surface area contributed by atoms with E-state index in [1.54, 1.807) is 12.5 Å². The molecule has 0 saturated carbocycles. The van der Waals surface area contributed by atoms with Crippen LogP contribution in [0.15, 0.2) is 24.9 Å². The van der Waals surface area contributed by atoms with Gasteiger partial charge in [-0.05, 0) is 13.8 Å². The van der Waals surface area contributed by atoms with Crippen molar-refractivity contribution in [3.05, 3.63) is 41.9 Å². The van der Waals surface area contributed by atoms with E-state index in [1.165, 1.54) is 6.20 Å². The highest BCUT2D eigenvalue weighted by Gasteiger charge is 2.24. The van der Waals surface area contributed by atoms with Crippen molar-refractivity contribution >= 4 is 11.7 Å². The average Bonchev–Trinajstić information content (AvgIpc) is 2.55. The molecule has 114 valence electrons. The van der Waals surface area contributed by atoms with E-state index in [9.17, 15) is 4.79 Å². The largest absolute Gasteiger partial charge is 0.353 e. The van der Waals surface area contributed by atoms with E-state index in [2.05, 4.69) is 24.8 Å². The van der Waals surface area contributed by atoms with Gasteiger partial charge in [0.05, 0.1) is 11.9 Å². The van der Waals surface area contributed by atoms with Gasteiger partial charge < -0.3 is 9.80 Å². The average molecular weight is 298 g/mol. The van der Waals surface area contributed by atoms with Crippen LogP contribution < -0.4 is 4.90 Å². The summed E-state index contributed by atoms with van der Waals surface area (Å²) in [5.41, 5.74) is 2.21. The Kier molecular flexibility index (Phi) is 3.95. The van der Waals surface area contributed by atoms with Crippen LogP contribution in [0.25, 0.3) is 0 Å². The van der Waals surface area contributed by atoms with Crippen LogP contribution in [0.2, 0.25) is 0 Å². The Morgan fingerprint density at radius 3 is 2.50 bits per heavy atom. The van der Waals surface area contributed by atoms with Gasteiger partial charge in [0, 0.05) is 44.1 Å². The molecule has 1 aliphatic rings. The van der Waals surface area contributed by atoms with Crippen LogP contribution in [0, 0.1) is 13.8 Å². The number of piperazine rings is 1. The molecule has 7 heteroatoms. The molecule has 7 nitrogen and oxygen atoms in total. The monoisotopic (exact) mass is 298 g/mol. The Morgan fingerprint density at radius 2 is 1.82 bits per heavy atom. The van der Waals surface area contributed by atoms with Crippen molar-refractivity contribution in [1.82, 2.24) is 24.8 Å². The van der Waals surface area contributed by atoms with Crippen molar-refractivity contribution < 1.29 is 4.79 Å². The summed E-state index contributed by atoms with van der Waals surface area (Å²) in [6.45, 7) is 6.64. The molecule has 0 atom stereocenters. The second-order valence-electron chi connectivity index (χ2n) is 5.35. The third-order valence-corrected chi connectivity index (χ3v) is 3.71. The van der Waals surface area contributed by atoms with Gasteiger partial charge >= 0.3 is 0 Å². The zero-order valence-corrected chi connectivity index (χ0v) is 12.7. The molecule has 0 bridgehead atoms. The third-order valence-electron chi connectivity index (χ3n) is 3.71. The minimum Gasteiger partial charge on any atom is -0.353 e. The van der Waals surface area contributed by atoms with Crippen molar-refractivity contribution in [3.63, 3.8) is 0 Å². The lowest BCUT2D eigenvalue weighted by atomic mass is 10.2. The van der Waals surface area contributed by atoms with Crippen LogP contribution in [0.5, 0.6) is 0 Å². The molecule has 0 aliphatic carbocycles. The minimum atomic E-state index is -0.0599. The molecule has 1 fully saturated rings. The normalized spacial score (nSPS) is 15.0. The number of hydrogen-bond acceptors (Lipinski definition) is 6. The van der Waals surface area contributed by atoms with Crippen molar-refractivity contribution in [2.45, 2.75) is 13.8 Å². The van der Waals surface area contributed by atoms with Crippen molar-refractivity contribution in [2.24, 2.45) is 0 Å². The molecular weight excluding hydrogens is 280 g/mol. The van der Waals surface area contributed by atoms with Gasteiger partial charge in [-0.25, -0.2) is 15.0 Å². The van der Waals surface area contributed by atoms with Gasteiger partial charge in [0.25, 0.3) is 5.91 Å². The number of hydrogen-bond donors (Lipinski definition) is 0. The maximum absolute atomic E-state index is 12.4. The van der Waals surface area contributed by atoms with E-state index in [0.717, 1.165) is 30.2 Å². The molecule has 0 aromatic carbocycles. The lowest BCUT2D eigenvalue weighted by Gasteiger charge is -2.35. The summed E-state index contributed by atoms with van der Waals surface area (Å²) in [5, 5.41) is 0. The second-order valence-corrected chi connectivity index (χ2v) is 5.35. The summed E-state index contributed by atoms with van der Waals surface area (Å²) in [7, 11) is 0. The molecule has 1 aliphatic heterocycles. The molecule has 3 rings (SSSR count). The molecule has 1 saturated heterocycles.